The molecule has 226 valence electrons. The van der Waals surface area contributed by atoms with Crippen LogP contribution in [-0.4, -0.2) is 64.6 Å². The Morgan fingerprint density at radius 2 is 1.51 bits per heavy atom. The van der Waals surface area contributed by atoms with E-state index in [0.29, 0.717) is 19.3 Å². The van der Waals surface area contributed by atoms with Crippen molar-refractivity contribution in [3.05, 3.63) is 35.9 Å². The van der Waals surface area contributed by atoms with Crippen molar-refractivity contribution in [3.8, 4) is 0 Å². The molecule has 0 bridgehead atoms. The van der Waals surface area contributed by atoms with Crippen molar-refractivity contribution in [3.63, 3.8) is 0 Å². The van der Waals surface area contributed by atoms with Crippen LogP contribution in [0.5, 0.6) is 0 Å². The fourth-order valence-electron chi connectivity index (χ4n) is 3.80. The van der Waals surface area contributed by atoms with Crippen LogP contribution in [0.1, 0.15) is 71.3 Å². The van der Waals surface area contributed by atoms with E-state index < -0.39 is 65.8 Å². The summed E-state index contributed by atoms with van der Waals surface area (Å²) in [5.41, 5.74) is 5.89. The Morgan fingerprint density at radius 3 is 2.10 bits per heavy atom. The highest BCUT2D eigenvalue weighted by Crippen LogP contribution is 2.10. The average molecular weight is 577 g/mol. The van der Waals surface area contributed by atoms with E-state index in [1.165, 1.54) is 20.8 Å². The number of nitrogens with one attached hydrogen (secondary N) is 3. The van der Waals surface area contributed by atoms with E-state index in [-0.39, 0.29) is 31.8 Å². The van der Waals surface area contributed by atoms with E-state index in [1.807, 2.05) is 30.3 Å². The molecule has 0 aliphatic rings. The van der Waals surface area contributed by atoms with Gasteiger partial charge in [0.25, 0.3) is 0 Å². The van der Waals surface area contributed by atoms with Crippen molar-refractivity contribution < 1.29 is 43.4 Å². The number of carboxylic acid groups (broad SMARTS) is 1. The van der Waals surface area contributed by atoms with Crippen LogP contribution >= 0.6 is 0 Å². The number of rotatable bonds is 19. The normalized spacial score (nSPS) is 13.5. The SMILES string of the molecule is CC(=O)N[C@@H](CCCCCC(=O)OCc1ccccc1)C(=O)N[C@@H](C)C(=O)C[C@@H](C)C(=O)N[C@@H](CC(N)=O)C(=O)O. The largest absolute Gasteiger partial charge is 0.480 e. The summed E-state index contributed by atoms with van der Waals surface area (Å²) < 4.78 is 5.24. The van der Waals surface area contributed by atoms with E-state index in [0.717, 1.165) is 5.56 Å². The highest BCUT2D eigenvalue weighted by atomic mass is 16.5. The van der Waals surface area contributed by atoms with Gasteiger partial charge < -0.3 is 31.5 Å². The highest BCUT2D eigenvalue weighted by molar-refractivity contribution is 5.95. The molecule has 1 aromatic carbocycles. The second kappa shape index (κ2) is 18.1. The number of amides is 4. The Hall–Kier alpha value is -4.29. The van der Waals surface area contributed by atoms with Crippen LogP contribution in [0, 0.1) is 5.92 Å². The van der Waals surface area contributed by atoms with Gasteiger partial charge in [0.15, 0.2) is 5.78 Å². The number of ether oxygens (including phenoxy) is 1. The summed E-state index contributed by atoms with van der Waals surface area (Å²) in [6, 6.07) is 5.89. The minimum atomic E-state index is -1.52. The van der Waals surface area contributed by atoms with Crippen LogP contribution < -0.4 is 21.7 Å². The third kappa shape index (κ3) is 14.6. The summed E-state index contributed by atoms with van der Waals surface area (Å²) in [5, 5.41) is 16.4. The predicted octanol–water partition coefficient (Wildman–Crippen LogP) is 0.730. The van der Waals surface area contributed by atoms with Crippen LogP contribution in [-0.2, 0) is 44.9 Å². The Balaban J connectivity index is 2.49. The summed E-state index contributed by atoms with van der Waals surface area (Å²) in [6.45, 7) is 4.30. The van der Waals surface area contributed by atoms with Crippen LogP contribution in [0.15, 0.2) is 30.3 Å². The van der Waals surface area contributed by atoms with Crippen LogP contribution in [0.2, 0.25) is 0 Å². The zero-order valence-corrected chi connectivity index (χ0v) is 23.6. The minimum absolute atomic E-state index is 0.197. The number of Topliss-reactive ketones (excluding diaryl/α,β-unsaturated/α-hetero) is 1. The molecule has 1 rings (SSSR count). The van der Waals surface area contributed by atoms with E-state index in [9.17, 15) is 33.6 Å². The van der Waals surface area contributed by atoms with Gasteiger partial charge in [0.2, 0.25) is 23.6 Å². The summed E-state index contributed by atoms with van der Waals surface area (Å²) in [5.74, 6) is -5.87. The van der Waals surface area contributed by atoms with Crippen molar-refractivity contribution in [1.82, 2.24) is 16.0 Å². The topological polar surface area (TPSA) is 211 Å². The first-order chi connectivity index (χ1) is 19.3. The van der Waals surface area contributed by atoms with Gasteiger partial charge in [-0.3, -0.25) is 28.8 Å². The molecular weight excluding hydrogens is 536 g/mol. The van der Waals surface area contributed by atoms with E-state index in [1.54, 1.807) is 0 Å². The molecule has 0 aromatic heterocycles. The lowest BCUT2D eigenvalue weighted by Gasteiger charge is -2.21. The molecule has 0 radical (unpaired) electrons. The predicted molar refractivity (Wildman–Crippen MR) is 147 cm³/mol. The van der Waals surface area contributed by atoms with Crippen molar-refractivity contribution in [2.75, 3.05) is 0 Å². The van der Waals surface area contributed by atoms with Crippen molar-refractivity contribution in [2.45, 2.75) is 90.4 Å². The number of primary amides is 1. The number of unbranched alkanes of at least 4 members (excludes halogenated alkanes) is 2. The van der Waals surface area contributed by atoms with Gasteiger partial charge in [-0.25, -0.2) is 4.79 Å². The smallest absolute Gasteiger partial charge is 0.326 e. The second-order valence-electron chi connectivity index (χ2n) is 9.87. The molecule has 0 unspecified atom stereocenters. The summed E-state index contributed by atoms with van der Waals surface area (Å²) in [4.78, 5) is 83.6. The highest BCUT2D eigenvalue weighted by Gasteiger charge is 2.28. The number of esters is 1. The number of hydrogen-bond acceptors (Lipinski definition) is 8. The first kappa shape index (κ1) is 34.7. The van der Waals surface area contributed by atoms with Crippen molar-refractivity contribution in [2.24, 2.45) is 11.7 Å². The number of carbonyl (C=O) groups excluding carboxylic acids is 6. The zero-order chi connectivity index (χ0) is 30.9. The lowest BCUT2D eigenvalue weighted by Crippen LogP contribution is -2.51. The third-order valence-electron chi connectivity index (χ3n) is 6.13. The summed E-state index contributed by atoms with van der Waals surface area (Å²) >= 11 is 0. The number of nitrogens with two attached hydrogens (primary N) is 1. The number of carbonyl (C=O) groups is 7. The summed E-state index contributed by atoms with van der Waals surface area (Å²) in [7, 11) is 0. The van der Waals surface area contributed by atoms with Gasteiger partial charge in [-0.05, 0) is 25.3 Å². The van der Waals surface area contributed by atoms with E-state index >= 15 is 0 Å². The molecular formula is C28H40N4O9. The van der Waals surface area contributed by atoms with Crippen LogP contribution in [0.25, 0.3) is 0 Å². The van der Waals surface area contributed by atoms with Crippen molar-refractivity contribution in [1.29, 1.82) is 0 Å². The second-order valence-corrected chi connectivity index (χ2v) is 9.87. The molecule has 41 heavy (non-hydrogen) atoms. The number of aliphatic carboxylic acids is 1. The molecule has 0 aliphatic carbocycles. The fourth-order valence-corrected chi connectivity index (χ4v) is 3.80. The minimum Gasteiger partial charge on any atom is -0.480 e. The van der Waals surface area contributed by atoms with Gasteiger partial charge in [0.05, 0.1) is 12.5 Å². The molecule has 1 aromatic rings. The van der Waals surface area contributed by atoms with Gasteiger partial charge in [-0.1, -0.05) is 50.1 Å². The fraction of sp³-hybridized carbons (Fsp3) is 0.536. The van der Waals surface area contributed by atoms with Gasteiger partial charge >= 0.3 is 11.9 Å². The summed E-state index contributed by atoms with van der Waals surface area (Å²) in [6.07, 6.45) is 1.27. The Morgan fingerprint density at radius 1 is 0.854 bits per heavy atom. The molecule has 4 amide bonds. The van der Waals surface area contributed by atoms with E-state index in [2.05, 4.69) is 16.0 Å². The van der Waals surface area contributed by atoms with Gasteiger partial charge in [0, 0.05) is 25.7 Å². The lowest BCUT2D eigenvalue weighted by molar-refractivity contribution is -0.145. The molecule has 0 saturated heterocycles. The number of ketones is 1. The molecule has 13 heteroatoms. The quantitative estimate of drug-likeness (QED) is 0.116. The maximum absolute atomic E-state index is 12.8. The number of benzene rings is 1. The first-order valence-corrected chi connectivity index (χ1v) is 13.4. The van der Waals surface area contributed by atoms with E-state index in [4.69, 9.17) is 15.6 Å². The maximum atomic E-state index is 12.8. The molecule has 0 fully saturated rings. The van der Waals surface area contributed by atoms with Gasteiger partial charge in [-0.15, -0.1) is 0 Å². The Kier molecular flexibility index (Phi) is 15.4. The Bertz CT molecular complexity index is 1080. The first-order valence-electron chi connectivity index (χ1n) is 13.4. The molecule has 0 heterocycles. The number of hydrogen-bond donors (Lipinski definition) is 5. The van der Waals surface area contributed by atoms with Crippen LogP contribution in [0.3, 0.4) is 0 Å². The van der Waals surface area contributed by atoms with Crippen molar-refractivity contribution >= 4 is 41.4 Å². The molecule has 4 atom stereocenters. The standard InChI is InChI=1S/C28H40N4O9/c1-17(26(37)32-22(28(39)40)15-24(29)35)14-23(34)18(2)30-27(38)21(31-19(3)33)12-8-5-9-13-25(36)41-16-20-10-6-4-7-11-20/h4,6-7,10-11,17-18,21-22H,5,8-9,12-16H2,1-3H3,(H2,29,35)(H,30,38)(H,31,33)(H,32,37)(H,39,40)/t17-,18+,21+,22+/m1/s1. The van der Waals surface area contributed by atoms with Gasteiger partial charge in [-0.2, -0.15) is 0 Å². The molecule has 6 N–H and O–H groups in total. The molecule has 0 aliphatic heterocycles. The monoisotopic (exact) mass is 576 g/mol. The molecule has 13 nitrogen and oxygen atoms in total. The molecule has 0 spiro atoms. The maximum Gasteiger partial charge on any atom is 0.326 e. The Labute approximate surface area is 238 Å². The zero-order valence-electron chi connectivity index (χ0n) is 23.6. The number of carboxylic acids is 1. The molecule has 0 saturated carbocycles. The van der Waals surface area contributed by atoms with Gasteiger partial charge in [0.1, 0.15) is 18.7 Å². The average Bonchev–Trinajstić information content (AvgIpc) is 2.90. The lowest BCUT2D eigenvalue weighted by atomic mass is 9.99. The van der Waals surface area contributed by atoms with Crippen LogP contribution in [0.4, 0.5) is 0 Å². The third-order valence-corrected chi connectivity index (χ3v) is 6.13.